The average Bonchev–Trinajstić information content (AvgIpc) is 2.70. The molecule has 0 radical (unpaired) electrons. The first-order valence-electron chi connectivity index (χ1n) is 5.35. The summed E-state index contributed by atoms with van der Waals surface area (Å²) in [6, 6.07) is 0. The van der Waals surface area contributed by atoms with Crippen LogP contribution in [0.5, 0.6) is 0 Å². The second kappa shape index (κ2) is 7.91. The lowest BCUT2D eigenvalue weighted by Gasteiger charge is -2.09. The van der Waals surface area contributed by atoms with Crippen LogP contribution in [-0.2, 0) is 14.3 Å². The van der Waals surface area contributed by atoms with E-state index in [9.17, 15) is 4.79 Å². The number of carbonyl (C=O) groups excluding carboxylic acids is 1. The molecule has 1 atom stereocenters. The first-order chi connectivity index (χ1) is 7.33. The van der Waals surface area contributed by atoms with Crippen molar-refractivity contribution in [1.29, 1.82) is 0 Å². The summed E-state index contributed by atoms with van der Waals surface area (Å²) in [4.78, 5) is 11.4. The molecule has 15 heavy (non-hydrogen) atoms. The standard InChI is InChI=1S/C10H18ClNO3/c11-3-6-14-7-4-12-10(13)8-9-2-1-5-15-9/h9H,1-8H2,(H,12,13). The van der Waals surface area contributed by atoms with Crippen molar-refractivity contribution in [3.63, 3.8) is 0 Å². The number of amides is 1. The van der Waals surface area contributed by atoms with Crippen molar-refractivity contribution in [1.82, 2.24) is 5.32 Å². The van der Waals surface area contributed by atoms with Crippen LogP contribution in [-0.4, -0.2) is 44.3 Å². The molecule has 0 aromatic carbocycles. The van der Waals surface area contributed by atoms with Crippen LogP contribution in [0.1, 0.15) is 19.3 Å². The number of halogens is 1. The van der Waals surface area contributed by atoms with Gasteiger partial charge in [0, 0.05) is 19.0 Å². The van der Waals surface area contributed by atoms with Crippen molar-refractivity contribution in [2.45, 2.75) is 25.4 Å². The van der Waals surface area contributed by atoms with Gasteiger partial charge in [-0.05, 0) is 12.8 Å². The molecule has 1 amide bonds. The normalized spacial score (nSPS) is 20.5. The minimum absolute atomic E-state index is 0.0383. The van der Waals surface area contributed by atoms with Crippen molar-refractivity contribution in [2.75, 3.05) is 32.2 Å². The van der Waals surface area contributed by atoms with Crippen LogP contribution in [0.15, 0.2) is 0 Å². The molecule has 1 N–H and O–H groups in total. The van der Waals surface area contributed by atoms with Crippen LogP contribution >= 0.6 is 11.6 Å². The topological polar surface area (TPSA) is 47.6 Å². The van der Waals surface area contributed by atoms with Gasteiger partial charge in [0.15, 0.2) is 0 Å². The monoisotopic (exact) mass is 235 g/mol. The largest absolute Gasteiger partial charge is 0.378 e. The molecule has 1 saturated heterocycles. The van der Waals surface area contributed by atoms with Crippen LogP contribution in [0.25, 0.3) is 0 Å². The van der Waals surface area contributed by atoms with Gasteiger partial charge in [-0.25, -0.2) is 0 Å². The summed E-state index contributed by atoms with van der Waals surface area (Å²) in [6.07, 6.45) is 2.65. The Morgan fingerprint density at radius 1 is 1.53 bits per heavy atom. The number of rotatable bonds is 7. The van der Waals surface area contributed by atoms with Crippen molar-refractivity contribution >= 4 is 17.5 Å². The molecular formula is C10H18ClNO3. The fourth-order valence-corrected chi connectivity index (χ4v) is 1.61. The third-order valence-corrected chi connectivity index (χ3v) is 2.38. The molecule has 88 valence electrons. The van der Waals surface area contributed by atoms with E-state index < -0.39 is 0 Å². The number of hydrogen-bond donors (Lipinski definition) is 1. The Morgan fingerprint density at radius 2 is 2.40 bits per heavy atom. The molecule has 0 aromatic rings. The third-order valence-electron chi connectivity index (χ3n) is 2.23. The number of alkyl halides is 1. The Hall–Kier alpha value is -0.320. The van der Waals surface area contributed by atoms with E-state index in [2.05, 4.69) is 5.32 Å². The highest BCUT2D eigenvalue weighted by Gasteiger charge is 2.18. The molecule has 1 fully saturated rings. The second-order valence-corrected chi connectivity index (χ2v) is 3.87. The highest BCUT2D eigenvalue weighted by atomic mass is 35.5. The zero-order valence-electron chi connectivity index (χ0n) is 8.84. The molecule has 0 aliphatic carbocycles. The van der Waals surface area contributed by atoms with Gasteiger partial charge in [0.2, 0.25) is 5.91 Å². The molecule has 1 aliphatic heterocycles. The average molecular weight is 236 g/mol. The molecule has 4 nitrogen and oxygen atoms in total. The Kier molecular flexibility index (Phi) is 6.72. The maximum absolute atomic E-state index is 11.4. The molecule has 1 heterocycles. The summed E-state index contributed by atoms with van der Waals surface area (Å²) in [5, 5.41) is 2.78. The van der Waals surface area contributed by atoms with Gasteiger partial charge in [-0.2, -0.15) is 0 Å². The summed E-state index contributed by atoms with van der Waals surface area (Å²) in [5.41, 5.74) is 0. The number of ether oxygens (including phenoxy) is 2. The Balaban J connectivity index is 1.93. The van der Waals surface area contributed by atoms with Crippen molar-refractivity contribution < 1.29 is 14.3 Å². The van der Waals surface area contributed by atoms with Crippen molar-refractivity contribution in [3.05, 3.63) is 0 Å². The highest BCUT2D eigenvalue weighted by Crippen LogP contribution is 2.14. The quantitative estimate of drug-likeness (QED) is 0.528. The van der Waals surface area contributed by atoms with Crippen LogP contribution < -0.4 is 5.32 Å². The van der Waals surface area contributed by atoms with Gasteiger partial charge in [0.05, 0.1) is 25.7 Å². The first kappa shape index (κ1) is 12.7. The fourth-order valence-electron chi connectivity index (χ4n) is 1.50. The van der Waals surface area contributed by atoms with Crippen molar-refractivity contribution in [2.24, 2.45) is 0 Å². The minimum atomic E-state index is 0.0383. The van der Waals surface area contributed by atoms with Gasteiger partial charge in [-0.15, -0.1) is 11.6 Å². The Morgan fingerprint density at radius 3 is 3.07 bits per heavy atom. The molecule has 0 saturated carbocycles. The van der Waals surface area contributed by atoms with E-state index in [1.807, 2.05) is 0 Å². The molecule has 1 aliphatic rings. The smallest absolute Gasteiger partial charge is 0.222 e. The van der Waals surface area contributed by atoms with Gasteiger partial charge < -0.3 is 14.8 Å². The highest BCUT2D eigenvalue weighted by molar-refractivity contribution is 6.17. The maximum Gasteiger partial charge on any atom is 0.222 e. The molecule has 5 heteroatoms. The molecular weight excluding hydrogens is 218 g/mol. The fraction of sp³-hybridized carbons (Fsp3) is 0.900. The van der Waals surface area contributed by atoms with Crippen LogP contribution in [0.2, 0.25) is 0 Å². The van der Waals surface area contributed by atoms with E-state index in [-0.39, 0.29) is 12.0 Å². The van der Waals surface area contributed by atoms with Crippen LogP contribution in [0.3, 0.4) is 0 Å². The molecule has 0 spiro atoms. The zero-order chi connectivity index (χ0) is 10.9. The zero-order valence-corrected chi connectivity index (χ0v) is 9.59. The Labute approximate surface area is 95.3 Å². The molecule has 1 rings (SSSR count). The SMILES string of the molecule is O=C(CC1CCCO1)NCCOCCCl. The van der Waals surface area contributed by atoms with E-state index in [0.29, 0.717) is 32.1 Å². The predicted octanol–water partition coefficient (Wildman–Crippen LogP) is 0.927. The maximum atomic E-state index is 11.4. The van der Waals surface area contributed by atoms with Gasteiger partial charge >= 0.3 is 0 Å². The van der Waals surface area contributed by atoms with Crippen LogP contribution in [0, 0.1) is 0 Å². The summed E-state index contributed by atoms with van der Waals surface area (Å²) in [5.74, 6) is 0.528. The van der Waals surface area contributed by atoms with E-state index in [1.165, 1.54) is 0 Å². The molecule has 0 aromatic heterocycles. The van der Waals surface area contributed by atoms with Crippen LogP contribution in [0.4, 0.5) is 0 Å². The number of nitrogens with one attached hydrogen (secondary N) is 1. The molecule has 1 unspecified atom stereocenters. The lowest BCUT2D eigenvalue weighted by atomic mass is 10.2. The van der Waals surface area contributed by atoms with Gasteiger partial charge in [-0.1, -0.05) is 0 Å². The molecule has 0 bridgehead atoms. The predicted molar refractivity (Wildman–Crippen MR) is 58.1 cm³/mol. The summed E-state index contributed by atoms with van der Waals surface area (Å²) in [7, 11) is 0. The second-order valence-electron chi connectivity index (χ2n) is 3.49. The number of carbonyl (C=O) groups is 1. The van der Waals surface area contributed by atoms with E-state index >= 15 is 0 Å². The van der Waals surface area contributed by atoms with Gasteiger partial charge in [0.25, 0.3) is 0 Å². The van der Waals surface area contributed by atoms with E-state index in [1.54, 1.807) is 0 Å². The lowest BCUT2D eigenvalue weighted by molar-refractivity contribution is -0.123. The lowest BCUT2D eigenvalue weighted by Crippen LogP contribution is -2.30. The third kappa shape index (κ3) is 5.97. The first-order valence-corrected chi connectivity index (χ1v) is 5.88. The summed E-state index contributed by atoms with van der Waals surface area (Å²) < 4.78 is 10.5. The Bertz CT molecular complexity index is 184. The van der Waals surface area contributed by atoms with Gasteiger partial charge in [-0.3, -0.25) is 4.79 Å². The summed E-state index contributed by atoms with van der Waals surface area (Å²) in [6.45, 7) is 2.38. The van der Waals surface area contributed by atoms with E-state index in [0.717, 1.165) is 19.4 Å². The minimum Gasteiger partial charge on any atom is -0.378 e. The summed E-state index contributed by atoms with van der Waals surface area (Å²) >= 11 is 5.43. The van der Waals surface area contributed by atoms with E-state index in [4.69, 9.17) is 21.1 Å². The number of hydrogen-bond acceptors (Lipinski definition) is 3. The van der Waals surface area contributed by atoms with Crippen molar-refractivity contribution in [3.8, 4) is 0 Å². The van der Waals surface area contributed by atoms with Gasteiger partial charge in [0.1, 0.15) is 0 Å².